The zero-order valence-electron chi connectivity index (χ0n) is 18.3. The molecule has 2 atom stereocenters. The van der Waals surface area contributed by atoms with Gasteiger partial charge in [-0.2, -0.15) is 0 Å². The minimum Gasteiger partial charge on any atom is -0.495 e. The zero-order valence-corrected chi connectivity index (χ0v) is 20.0. The summed E-state index contributed by atoms with van der Waals surface area (Å²) in [5, 5.41) is 5.07. The Labute approximate surface area is 206 Å². The number of pyridine rings is 1. The molecule has 1 aliphatic heterocycles. The number of para-hydroxylation sites is 3. The Balaban J connectivity index is 1.53. The van der Waals surface area contributed by atoms with Crippen LogP contribution >= 0.6 is 23.6 Å². The molecule has 168 valence electrons. The summed E-state index contributed by atoms with van der Waals surface area (Å²) in [6.45, 7) is 0. The summed E-state index contributed by atoms with van der Waals surface area (Å²) in [6, 6.07) is 26.0. The number of fused-ring (bicyclic) bond motifs is 1. The van der Waals surface area contributed by atoms with Gasteiger partial charge in [0.2, 0.25) is 0 Å². The lowest BCUT2D eigenvalue weighted by Gasteiger charge is -2.29. The minimum atomic E-state index is -0.166. The summed E-state index contributed by atoms with van der Waals surface area (Å²) in [5.41, 5.74) is 3.88. The lowest BCUT2D eigenvalue weighted by atomic mass is 10.0. The summed E-state index contributed by atoms with van der Waals surface area (Å²) in [4.78, 5) is 11.7. The van der Waals surface area contributed by atoms with E-state index in [-0.39, 0.29) is 12.1 Å². The molecule has 1 fully saturated rings. The third-order valence-electron chi connectivity index (χ3n) is 6.01. The van der Waals surface area contributed by atoms with Crippen LogP contribution in [0.15, 0.2) is 91.3 Å². The average Bonchev–Trinajstić information content (AvgIpc) is 3.60. The summed E-state index contributed by atoms with van der Waals surface area (Å²) >= 11 is 7.55. The van der Waals surface area contributed by atoms with E-state index in [4.69, 9.17) is 21.9 Å². The monoisotopic (exact) mass is 483 g/mol. The van der Waals surface area contributed by atoms with E-state index in [0.717, 1.165) is 38.2 Å². The average molecular weight is 484 g/mol. The van der Waals surface area contributed by atoms with Crippen molar-refractivity contribution in [2.24, 2.45) is 0 Å². The molecule has 0 amide bonds. The molecule has 34 heavy (non-hydrogen) atoms. The van der Waals surface area contributed by atoms with Gasteiger partial charge in [0.1, 0.15) is 11.8 Å². The maximum atomic E-state index is 5.88. The highest BCUT2D eigenvalue weighted by atomic mass is 32.1. The molecule has 1 saturated heterocycles. The molecule has 6 nitrogen and oxygen atoms in total. The first-order chi connectivity index (χ1) is 16.7. The third kappa shape index (κ3) is 3.43. The highest BCUT2D eigenvalue weighted by Crippen LogP contribution is 2.45. The number of aromatic nitrogens is 3. The van der Waals surface area contributed by atoms with Gasteiger partial charge in [0.25, 0.3) is 0 Å². The van der Waals surface area contributed by atoms with Crippen LogP contribution in [0.3, 0.4) is 0 Å². The second-order valence-electron chi connectivity index (χ2n) is 7.94. The van der Waals surface area contributed by atoms with Crippen molar-refractivity contribution in [2.45, 2.75) is 12.1 Å². The summed E-state index contributed by atoms with van der Waals surface area (Å²) in [7, 11) is 1.68. The summed E-state index contributed by atoms with van der Waals surface area (Å²) in [5.74, 6) is 0.761. The highest BCUT2D eigenvalue weighted by molar-refractivity contribution is 7.80. The van der Waals surface area contributed by atoms with Crippen LogP contribution in [0, 0.1) is 0 Å². The van der Waals surface area contributed by atoms with Gasteiger partial charge < -0.3 is 15.0 Å². The van der Waals surface area contributed by atoms with Gasteiger partial charge in [0.15, 0.2) is 10.2 Å². The number of thiazole rings is 1. The van der Waals surface area contributed by atoms with Crippen LogP contribution in [0.5, 0.6) is 5.75 Å². The van der Waals surface area contributed by atoms with Crippen LogP contribution in [-0.4, -0.2) is 26.8 Å². The molecule has 1 aliphatic rings. The Hall–Kier alpha value is -3.75. The number of ether oxygens (including phenoxy) is 1. The number of nitrogens with one attached hydrogen (secondary N) is 1. The van der Waals surface area contributed by atoms with Gasteiger partial charge in [-0.05, 0) is 60.7 Å². The molecule has 0 spiro atoms. The molecular weight excluding hydrogens is 462 g/mol. The molecule has 0 saturated carbocycles. The van der Waals surface area contributed by atoms with Gasteiger partial charge in [0, 0.05) is 12.4 Å². The summed E-state index contributed by atoms with van der Waals surface area (Å²) in [6.07, 6.45) is 3.87. The van der Waals surface area contributed by atoms with Crippen LogP contribution in [-0.2, 0) is 0 Å². The van der Waals surface area contributed by atoms with Crippen LogP contribution in [0.4, 0.5) is 5.69 Å². The Kier molecular flexibility index (Phi) is 5.24. The topological polar surface area (TPSA) is 55.2 Å². The molecule has 0 aliphatic carbocycles. The van der Waals surface area contributed by atoms with Crippen molar-refractivity contribution in [1.29, 1.82) is 0 Å². The number of hydrogen-bond donors (Lipinski definition) is 1. The number of nitrogens with zero attached hydrogens (tertiary/aromatic N) is 4. The molecule has 0 unspecified atom stereocenters. The largest absolute Gasteiger partial charge is 0.495 e. The lowest BCUT2D eigenvalue weighted by Crippen LogP contribution is -2.30. The van der Waals surface area contributed by atoms with Crippen molar-refractivity contribution in [1.82, 2.24) is 19.9 Å². The predicted octanol–water partition coefficient (Wildman–Crippen LogP) is 5.67. The molecule has 4 heterocycles. The lowest BCUT2D eigenvalue weighted by molar-refractivity contribution is 0.414. The number of anilines is 1. The fourth-order valence-electron chi connectivity index (χ4n) is 4.52. The van der Waals surface area contributed by atoms with Crippen molar-refractivity contribution in [3.8, 4) is 10.9 Å². The molecule has 0 radical (unpaired) electrons. The summed E-state index contributed by atoms with van der Waals surface area (Å²) < 4.78 is 9.01. The number of rotatable bonds is 5. The van der Waals surface area contributed by atoms with Crippen LogP contribution in [0.2, 0.25) is 0 Å². The van der Waals surface area contributed by atoms with Gasteiger partial charge in [0.05, 0.1) is 40.4 Å². The Bertz CT molecular complexity index is 1450. The van der Waals surface area contributed by atoms with E-state index >= 15 is 0 Å². The predicted molar refractivity (Wildman–Crippen MR) is 140 cm³/mol. The van der Waals surface area contributed by atoms with Gasteiger partial charge in [-0.3, -0.25) is 9.55 Å². The molecular formula is C26H21N5OS2. The standard InChI is InChI=1S/C26H21N5OS2/c1-32-21-13-4-3-11-19(21)31-24(23(29-25(31)33)18-10-6-7-15-27-18)20-12-8-16-30(20)26-28-17-9-2-5-14-22(17)34-26/h2-16,23-24H,1H3,(H,29,33)/t23-,24-/m1/s1. The Morgan fingerprint density at radius 2 is 1.79 bits per heavy atom. The minimum absolute atomic E-state index is 0.151. The fourth-order valence-corrected chi connectivity index (χ4v) is 5.83. The molecule has 2 aromatic carbocycles. The Morgan fingerprint density at radius 3 is 2.62 bits per heavy atom. The van der Waals surface area contributed by atoms with E-state index in [0.29, 0.717) is 5.11 Å². The van der Waals surface area contributed by atoms with Gasteiger partial charge in [-0.1, -0.05) is 41.7 Å². The first-order valence-electron chi connectivity index (χ1n) is 10.9. The van der Waals surface area contributed by atoms with E-state index < -0.39 is 0 Å². The smallest absolute Gasteiger partial charge is 0.194 e. The van der Waals surface area contributed by atoms with Crippen molar-refractivity contribution >= 4 is 44.6 Å². The zero-order chi connectivity index (χ0) is 23.1. The second kappa shape index (κ2) is 8.55. The highest BCUT2D eigenvalue weighted by Gasteiger charge is 2.43. The van der Waals surface area contributed by atoms with Crippen LogP contribution in [0.25, 0.3) is 15.3 Å². The third-order valence-corrected chi connectivity index (χ3v) is 7.37. The Morgan fingerprint density at radius 1 is 0.971 bits per heavy atom. The fraction of sp³-hybridized carbons (Fsp3) is 0.115. The number of thiocarbonyl (C=S) groups is 1. The van der Waals surface area contributed by atoms with E-state index in [1.54, 1.807) is 18.4 Å². The van der Waals surface area contributed by atoms with Gasteiger partial charge in [-0.25, -0.2) is 4.98 Å². The quantitative estimate of drug-likeness (QED) is 0.325. The normalized spacial score (nSPS) is 17.8. The first kappa shape index (κ1) is 20.8. The molecule has 3 aromatic heterocycles. The van der Waals surface area contributed by atoms with Gasteiger partial charge in [-0.15, -0.1) is 0 Å². The van der Waals surface area contributed by atoms with E-state index in [1.165, 1.54) is 0 Å². The maximum absolute atomic E-state index is 5.88. The second-order valence-corrected chi connectivity index (χ2v) is 9.33. The van der Waals surface area contributed by atoms with Crippen molar-refractivity contribution in [3.63, 3.8) is 0 Å². The van der Waals surface area contributed by atoms with E-state index in [1.807, 2.05) is 66.9 Å². The molecule has 6 rings (SSSR count). The first-order valence-corrected chi connectivity index (χ1v) is 12.1. The van der Waals surface area contributed by atoms with Gasteiger partial charge >= 0.3 is 0 Å². The van der Waals surface area contributed by atoms with Crippen molar-refractivity contribution in [3.05, 3.63) is 103 Å². The number of benzene rings is 2. The maximum Gasteiger partial charge on any atom is 0.194 e. The molecule has 0 bridgehead atoms. The molecule has 1 N–H and O–H groups in total. The van der Waals surface area contributed by atoms with Crippen LogP contribution in [0.1, 0.15) is 23.5 Å². The van der Waals surface area contributed by atoms with E-state index in [2.05, 4.69) is 44.2 Å². The van der Waals surface area contributed by atoms with Crippen LogP contribution < -0.4 is 15.0 Å². The van der Waals surface area contributed by atoms with Crippen molar-refractivity contribution < 1.29 is 4.74 Å². The van der Waals surface area contributed by atoms with Crippen molar-refractivity contribution in [2.75, 3.05) is 12.0 Å². The molecule has 8 heteroatoms. The SMILES string of the molecule is COc1ccccc1N1C(=S)N[C@H](c2ccccn2)[C@H]1c1cccn1-c1nc2ccccc2s1. The number of hydrogen-bond acceptors (Lipinski definition) is 5. The molecule has 5 aromatic rings. The van der Waals surface area contributed by atoms with E-state index in [9.17, 15) is 0 Å². The number of methoxy groups -OCH3 is 1.